The number of carbonyl (C=O) groups is 1. The lowest BCUT2D eigenvalue weighted by molar-refractivity contribution is -0.139. The van der Waals surface area contributed by atoms with Crippen molar-refractivity contribution in [3.63, 3.8) is 0 Å². The third-order valence-electron chi connectivity index (χ3n) is 5.19. The molecule has 1 aliphatic carbocycles. The summed E-state index contributed by atoms with van der Waals surface area (Å²) in [5.74, 6) is 0.597. The molecular formula is C20H23N3O3. The molecule has 136 valence electrons. The van der Waals surface area contributed by atoms with Gasteiger partial charge in [0, 0.05) is 12.6 Å². The highest BCUT2D eigenvalue weighted by Crippen LogP contribution is 2.25. The van der Waals surface area contributed by atoms with Crippen LogP contribution in [-0.2, 0) is 28.8 Å². The van der Waals surface area contributed by atoms with Crippen LogP contribution < -0.4 is 5.56 Å². The third kappa shape index (κ3) is 3.42. The predicted octanol–water partition coefficient (Wildman–Crippen LogP) is 1.71. The van der Waals surface area contributed by atoms with Crippen LogP contribution in [0.1, 0.15) is 40.7 Å². The highest BCUT2D eigenvalue weighted by molar-refractivity contribution is 5.79. The number of benzene rings is 1. The number of rotatable bonds is 3. The summed E-state index contributed by atoms with van der Waals surface area (Å²) < 4.78 is 5.56. The van der Waals surface area contributed by atoms with E-state index in [2.05, 4.69) is 28.2 Å². The fourth-order valence-electron chi connectivity index (χ4n) is 3.93. The fourth-order valence-corrected chi connectivity index (χ4v) is 3.93. The van der Waals surface area contributed by atoms with Crippen molar-refractivity contribution in [1.29, 1.82) is 0 Å². The Labute approximate surface area is 152 Å². The molecule has 1 saturated heterocycles. The Morgan fingerprint density at radius 2 is 2.15 bits per heavy atom. The molecule has 2 aromatic rings. The maximum atomic E-state index is 13.0. The van der Waals surface area contributed by atoms with Crippen LogP contribution in [0.15, 0.2) is 29.1 Å². The summed E-state index contributed by atoms with van der Waals surface area (Å²) in [5, 5.41) is 0. The molecule has 26 heavy (non-hydrogen) atoms. The van der Waals surface area contributed by atoms with E-state index in [0.717, 1.165) is 18.4 Å². The topological polar surface area (TPSA) is 75.3 Å². The molecule has 6 heteroatoms. The van der Waals surface area contributed by atoms with Gasteiger partial charge in [-0.15, -0.1) is 0 Å². The van der Waals surface area contributed by atoms with Gasteiger partial charge in [0.2, 0.25) is 5.91 Å². The minimum atomic E-state index is -0.313. The van der Waals surface area contributed by atoms with Crippen molar-refractivity contribution in [3.05, 3.63) is 62.8 Å². The Morgan fingerprint density at radius 3 is 3.00 bits per heavy atom. The van der Waals surface area contributed by atoms with Crippen molar-refractivity contribution in [2.75, 3.05) is 19.8 Å². The Morgan fingerprint density at radius 1 is 1.31 bits per heavy atom. The fraction of sp³-hybridized carbons (Fsp3) is 0.450. The molecule has 0 spiro atoms. The zero-order valence-corrected chi connectivity index (χ0v) is 15.0. The summed E-state index contributed by atoms with van der Waals surface area (Å²) in [4.78, 5) is 33.6. The number of aromatic amines is 1. The normalized spacial score (nSPS) is 19.4. The monoisotopic (exact) mass is 353 g/mol. The van der Waals surface area contributed by atoms with E-state index in [4.69, 9.17) is 4.74 Å². The van der Waals surface area contributed by atoms with E-state index in [1.165, 1.54) is 23.6 Å². The van der Waals surface area contributed by atoms with Crippen molar-refractivity contribution >= 4 is 5.91 Å². The van der Waals surface area contributed by atoms with Gasteiger partial charge in [0.15, 0.2) is 0 Å². The van der Waals surface area contributed by atoms with Crippen LogP contribution in [0.3, 0.4) is 0 Å². The number of aryl methyl sites for hydroxylation is 3. The average Bonchev–Trinajstić information content (AvgIpc) is 3.08. The van der Waals surface area contributed by atoms with E-state index in [1.54, 1.807) is 11.8 Å². The molecule has 0 radical (unpaired) electrons. The van der Waals surface area contributed by atoms with Gasteiger partial charge in [0.05, 0.1) is 31.4 Å². The average molecular weight is 353 g/mol. The Balaban J connectivity index is 1.55. The van der Waals surface area contributed by atoms with Crippen molar-refractivity contribution in [2.45, 2.75) is 38.6 Å². The maximum Gasteiger partial charge on any atom is 0.251 e. The standard InChI is InChI=1S/C20H23N3O3/c1-13-21-17(11-19(24)22-13)18-12-26-8-7-23(18)20(25)10-14-5-6-15-3-2-4-16(15)9-14/h5-6,9,11,18H,2-4,7-8,10,12H2,1H3,(H,21,22,24)/t18-/m1/s1. The Bertz CT molecular complexity index is 890. The number of amides is 1. The lowest BCUT2D eigenvalue weighted by Crippen LogP contribution is -2.44. The number of aromatic nitrogens is 2. The summed E-state index contributed by atoms with van der Waals surface area (Å²) in [6.07, 6.45) is 3.81. The van der Waals surface area contributed by atoms with Gasteiger partial charge in [0.25, 0.3) is 5.56 Å². The molecule has 1 aromatic heterocycles. The molecule has 1 aromatic carbocycles. The van der Waals surface area contributed by atoms with Gasteiger partial charge in [-0.25, -0.2) is 4.98 Å². The summed E-state index contributed by atoms with van der Waals surface area (Å²) in [5.41, 5.74) is 4.22. The highest BCUT2D eigenvalue weighted by Gasteiger charge is 2.30. The van der Waals surface area contributed by atoms with Crippen LogP contribution in [0, 0.1) is 6.92 Å². The second kappa shape index (κ2) is 7.03. The van der Waals surface area contributed by atoms with Gasteiger partial charge in [-0.2, -0.15) is 0 Å². The number of hydrogen-bond donors (Lipinski definition) is 1. The van der Waals surface area contributed by atoms with Crippen LogP contribution in [-0.4, -0.2) is 40.5 Å². The first-order valence-corrected chi connectivity index (χ1v) is 9.16. The van der Waals surface area contributed by atoms with Crippen LogP contribution in [0.5, 0.6) is 0 Å². The molecule has 0 saturated carbocycles. The van der Waals surface area contributed by atoms with E-state index in [9.17, 15) is 9.59 Å². The number of carbonyl (C=O) groups excluding carboxylic acids is 1. The van der Waals surface area contributed by atoms with Gasteiger partial charge < -0.3 is 14.6 Å². The van der Waals surface area contributed by atoms with E-state index >= 15 is 0 Å². The highest BCUT2D eigenvalue weighted by atomic mass is 16.5. The number of morpholine rings is 1. The molecule has 1 N–H and O–H groups in total. The Kier molecular flexibility index (Phi) is 4.59. The molecule has 0 bridgehead atoms. The second-order valence-corrected chi connectivity index (χ2v) is 7.07. The second-order valence-electron chi connectivity index (χ2n) is 7.07. The summed E-state index contributed by atoms with van der Waals surface area (Å²) in [6, 6.07) is 7.54. The van der Waals surface area contributed by atoms with Gasteiger partial charge >= 0.3 is 0 Å². The summed E-state index contributed by atoms with van der Waals surface area (Å²) in [7, 11) is 0. The number of H-pyrrole nitrogens is 1. The van der Waals surface area contributed by atoms with Gasteiger partial charge in [-0.3, -0.25) is 9.59 Å². The van der Waals surface area contributed by atoms with Crippen molar-refractivity contribution in [3.8, 4) is 0 Å². The SMILES string of the molecule is Cc1nc([C@H]2COCCN2C(=O)Cc2ccc3c(c2)CCC3)cc(=O)[nH]1. The van der Waals surface area contributed by atoms with Crippen LogP contribution in [0.25, 0.3) is 0 Å². The Hall–Kier alpha value is -2.47. The molecule has 2 aliphatic rings. The van der Waals surface area contributed by atoms with Crippen molar-refractivity contribution in [1.82, 2.24) is 14.9 Å². The quantitative estimate of drug-likeness (QED) is 0.911. The molecule has 1 fully saturated rings. The summed E-state index contributed by atoms with van der Waals surface area (Å²) in [6.45, 7) is 3.13. The lowest BCUT2D eigenvalue weighted by atomic mass is 10.0. The van der Waals surface area contributed by atoms with Crippen LogP contribution in [0.2, 0.25) is 0 Å². The first-order chi connectivity index (χ1) is 12.6. The molecule has 1 aliphatic heterocycles. The predicted molar refractivity (Wildman–Crippen MR) is 97.0 cm³/mol. The summed E-state index contributed by atoms with van der Waals surface area (Å²) >= 11 is 0. The molecule has 2 heterocycles. The molecule has 1 atom stereocenters. The zero-order valence-electron chi connectivity index (χ0n) is 15.0. The number of fused-ring (bicyclic) bond motifs is 1. The number of ether oxygens (including phenoxy) is 1. The van der Waals surface area contributed by atoms with Gasteiger partial charge in [0.1, 0.15) is 5.82 Å². The van der Waals surface area contributed by atoms with Gasteiger partial charge in [-0.05, 0) is 42.9 Å². The minimum Gasteiger partial charge on any atom is -0.377 e. The lowest BCUT2D eigenvalue weighted by Gasteiger charge is -2.35. The van der Waals surface area contributed by atoms with Crippen molar-refractivity contribution in [2.24, 2.45) is 0 Å². The molecule has 6 nitrogen and oxygen atoms in total. The molecule has 0 unspecified atom stereocenters. The molecule has 1 amide bonds. The molecule has 4 rings (SSSR count). The van der Waals surface area contributed by atoms with E-state index < -0.39 is 0 Å². The zero-order chi connectivity index (χ0) is 18.1. The maximum absolute atomic E-state index is 13.0. The number of nitrogens with zero attached hydrogens (tertiary/aromatic N) is 2. The minimum absolute atomic E-state index is 0.0518. The number of hydrogen-bond acceptors (Lipinski definition) is 4. The molecular weight excluding hydrogens is 330 g/mol. The van der Waals surface area contributed by atoms with E-state index in [0.29, 0.717) is 37.7 Å². The van der Waals surface area contributed by atoms with Crippen molar-refractivity contribution < 1.29 is 9.53 Å². The largest absolute Gasteiger partial charge is 0.377 e. The first kappa shape index (κ1) is 17.0. The van der Waals surface area contributed by atoms with Crippen LogP contribution >= 0.6 is 0 Å². The number of nitrogens with one attached hydrogen (secondary N) is 1. The van der Waals surface area contributed by atoms with E-state index in [1.807, 2.05) is 0 Å². The van der Waals surface area contributed by atoms with Crippen LogP contribution in [0.4, 0.5) is 0 Å². The van der Waals surface area contributed by atoms with Gasteiger partial charge in [-0.1, -0.05) is 18.2 Å². The third-order valence-corrected chi connectivity index (χ3v) is 5.19. The smallest absolute Gasteiger partial charge is 0.251 e. The first-order valence-electron chi connectivity index (χ1n) is 9.16. The van der Waals surface area contributed by atoms with E-state index in [-0.39, 0.29) is 17.5 Å².